The van der Waals surface area contributed by atoms with Crippen molar-refractivity contribution in [3.05, 3.63) is 491 Å². The number of hydrogen-bond acceptors (Lipinski definition) is 6. The molecule has 0 atom stereocenters. The maximum absolute atomic E-state index is 5.07. The largest absolute Gasteiger partial charge is 0.309 e. The van der Waals surface area contributed by atoms with Gasteiger partial charge in [0.1, 0.15) is 0 Å². The van der Waals surface area contributed by atoms with Gasteiger partial charge in [-0.05, 0) is 158 Å². The first kappa shape index (κ1) is 79.0. The van der Waals surface area contributed by atoms with Crippen LogP contribution in [0, 0.1) is 0 Å². The molecule has 0 unspecified atom stereocenters. The van der Waals surface area contributed by atoms with Crippen LogP contribution in [0.3, 0.4) is 0 Å². The summed E-state index contributed by atoms with van der Waals surface area (Å²) in [4.78, 5) is 30.4. The van der Waals surface area contributed by atoms with Crippen molar-refractivity contribution in [2.24, 2.45) is 0 Å². The van der Waals surface area contributed by atoms with Gasteiger partial charge in [0.15, 0.2) is 17.5 Å². The quantitative estimate of drug-likeness (QED) is 0.121. The second-order valence-electron chi connectivity index (χ2n) is 34.4. The molecule has 6 heterocycles. The Morgan fingerprint density at radius 3 is 0.570 bits per heavy atom. The number of rotatable bonds is 12. The zero-order valence-corrected chi connectivity index (χ0v) is 73.3. The van der Waals surface area contributed by atoms with E-state index in [9.17, 15) is 0 Å². The Kier molecular flexibility index (Phi) is 19.7. The lowest BCUT2D eigenvalue weighted by molar-refractivity contribution is 1.18. The fourth-order valence-electron chi connectivity index (χ4n) is 19.8. The smallest absolute Gasteiger partial charge is 0.160 e. The predicted octanol–water partition coefficient (Wildman–Crippen LogP) is 32.6. The minimum absolute atomic E-state index is 0.714. The maximum Gasteiger partial charge on any atom is 0.160 e. The van der Waals surface area contributed by atoms with Crippen molar-refractivity contribution >= 4 is 130 Å². The molecule has 0 aliphatic rings. The van der Waals surface area contributed by atoms with Crippen LogP contribution >= 0.6 is 0 Å². The summed E-state index contributed by atoms with van der Waals surface area (Å²) in [6.07, 6.45) is 0. The summed E-state index contributed by atoms with van der Waals surface area (Å²) in [7, 11) is 0. The molecule has 9 heteroatoms. The maximum atomic E-state index is 5.07. The molecular weight excluding hydrogens is 1640 g/mol. The summed E-state index contributed by atoms with van der Waals surface area (Å²) in [5, 5.41) is 22.0. The number of aromatic nitrogens is 9. The standard InChI is InChI=1S/3C42H27N3/c3*1-3-12-28(13-4-1)37-27-38(29-14-5-2-6-15-29)44-42(43-37)33-22-23-34-32(24-33)18-11-21-39(34)45-40-20-10-9-19-35(40)36-25-30-16-7-8-17-31(30)26-41(36)45/h3*1-27H. The first-order valence-electron chi connectivity index (χ1n) is 45.8. The topological polar surface area (TPSA) is 92.1 Å². The Balaban J connectivity index is 0.000000108. The molecule has 0 bridgehead atoms. The van der Waals surface area contributed by atoms with E-state index in [1.165, 1.54) is 114 Å². The van der Waals surface area contributed by atoms with Gasteiger partial charge >= 0.3 is 0 Å². The van der Waals surface area contributed by atoms with Crippen LogP contribution in [0.5, 0.6) is 0 Å². The third-order valence-electron chi connectivity index (χ3n) is 26.3. The zero-order chi connectivity index (χ0) is 89.2. The lowest BCUT2D eigenvalue weighted by Crippen LogP contribution is -1.97. The molecule has 0 radical (unpaired) electrons. The molecule has 0 amide bonds. The molecule has 0 fully saturated rings. The van der Waals surface area contributed by atoms with Gasteiger partial charge in [0.05, 0.1) is 84.3 Å². The second kappa shape index (κ2) is 33.7. The van der Waals surface area contributed by atoms with Gasteiger partial charge in [0.2, 0.25) is 0 Å². The number of para-hydroxylation sites is 3. The molecule has 27 rings (SSSR count). The monoisotopic (exact) mass is 1720 g/mol. The van der Waals surface area contributed by atoms with Crippen LogP contribution in [0.15, 0.2) is 491 Å². The summed E-state index contributed by atoms with van der Waals surface area (Å²) in [5.74, 6) is 2.14. The van der Waals surface area contributed by atoms with Gasteiger partial charge in [-0.25, -0.2) is 29.9 Å². The Morgan fingerprint density at radius 2 is 0.326 bits per heavy atom. The predicted molar refractivity (Wildman–Crippen MR) is 563 cm³/mol. The van der Waals surface area contributed by atoms with Crippen molar-refractivity contribution in [2.75, 3.05) is 0 Å². The number of hydrogen-bond donors (Lipinski definition) is 0. The Labute approximate surface area is 778 Å². The van der Waals surface area contributed by atoms with Crippen molar-refractivity contribution < 1.29 is 0 Å². The Hall–Kier alpha value is -18.2. The van der Waals surface area contributed by atoms with E-state index in [0.717, 1.165) is 117 Å². The SMILES string of the molecule is c1ccc(-c2cc(-c3ccccc3)nc(-c3ccc4c(-n5c6ccccc6c6cc7ccccc7cc65)cccc4c3)n2)cc1.c1ccc(-c2cc(-c3ccccc3)nc(-c3ccc4c(-n5c6ccccc6c6cc7ccccc7cc65)cccc4c3)n2)cc1.c1ccc(-c2cc(-c3ccccc3)nc(-c3ccc4c(-n5c6ccccc6c6cc7ccccc7cc65)cccc4c3)n2)cc1. The highest BCUT2D eigenvalue weighted by molar-refractivity contribution is 6.18. The van der Waals surface area contributed by atoms with E-state index in [1.807, 2.05) is 109 Å². The molecular formula is C126H81N9. The van der Waals surface area contributed by atoms with E-state index in [2.05, 4.69) is 396 Å². The van der Waals surface area contributed by atoms with E-state index >= 15 is 0 Å². The van der Waals surface area contributed by atoms with E-state index < -0.39 is 0 Å². The van der Waals surface area contributed by atoms with Crippen LogP contribution in [0.25, 0.3) is 249 Å². The zero-order valence-electron chi connectivity index (χ0n) is 73.3. The van der Waals surface area contributed by atoms with Gasteiger partial charge in [0.25, 0.3) is 0 Å². The van der Waals surface area contributed by atoms with Crippen molar-refractivity contribution in [3.63, 3.8) is 0 Å². The Bertz CT molecular complexity index is 8270. The third-order valence-corrected chi connectivity index (χ3v) is 26.3. The highest BCUT2D eigenvalue weighted by atomic mass is 15.0. The molecule has 9 nitrogen and oxygen atoms in total. The summed E-state index contributed by atoms with van der Waals surface area (Å²) in [6.45, 7) is 0. The van der Waals surface area contributed by atoms with Gasteiger partial charge in [-0.15, -0.1) is 0 Å². The van der Waals surface area contributed by atoms with E-state index in [1.54, 1.807) is 0 Å². The van der Waals surface area contributed by atoms with Crippen molar-refractivity contribution in [1.29, 1.82) is 0 Å². The molecule has 0 saturated heterocycles. The summed E-state index contributed by atoms with van der Waals surface area (Å²) in [6, 6.07) is 174. The van der Waals surface area contributed by atoms with Crippen molar-refractivity contribution in [1.82, 2.24) is 43.6 Å². The first-order valence-corrected chi connectivity index (χ1v) is 45.8. The summed E-state index contributed by atoms with van der Waals surface area (Å²) < 4.78 is 7.25. The van der Waals surface area contributed by atoms with Gasteiger partial charge in [-0.3, -0.25) is 0 Å². The van der Waals surface area contributed by atoms with Crippen molar-refractivity contribution in [2.45, 2.75) is 0 Å². The van der Waals surface area contributed by atoms with E-state index in [0.29, 0.717) is 17.5 Å². The average Bonchev–Trinajstić information content (AvgIpc) is 1.59. The summed E-state index contributed by atoms with van der Waals surface area (Å²) >= 11 is 0. The molecule has 0 aliphatic heterocycles. The Morgan fingerprint density at radius 1 is 0.119 bits per heavy atom. The lowest BCUT2D eigenvalue weighted by Gasteiger charge is -2.13. The lowest BCUT2D eigenvalue weighted by atomic mass is 10.0. The van der Waals surface area contributed by atoms with Crippen LogP contribution in [0.4, 0.5) is 0 Å². The highest BCUT2D eigenvalue weighted by Gasteiger charge is 2.23. The number of benzene rings is 21. The van der Waals surface area contributed by atoms with E-state index in [-0.39, 0.29) is 0 Å². The fraction of sp³-hybridized carbons (Fsp3) is 0. The molecule has 21 aromatic carbocycles. The molecule has 0 aliphatic carbocycles. The average molecular weight is 1720 g/mol. The van der Waals surface area contributed by atoms with Gasteiger partial charge < -0.3 is 13.7 Å². The minimum atomic E-state index is 0.714. The molecule has 135 heavy (non-hydrogen) atoms. The van der Waals surface area contributed by atoms with Crippen molar-refractivity contribution in [3.8, 4) is 119 Å². The number of fused-ring (bicyclic) bond motifs is 15. The summed E-state index contributed by atoms with van der Waals surface area (Å²) in [5.41, 5.74) is 25.5. The van der Waals surface area contributed by atoms with Crippen LogP contribution in [0.2, 0.25) is 0 Å². The third kappa shape index (κ3) is 14.6. The molecule has 0 spiro atoms. The number of nitrogens with zero attached hydrogens (tertiary/aromatic N) is 9. The highest BCUT2D eigenvalue weighted by Crippen LogP contribution is 2.44. The van der Waals surface area contributed by atoms with Crippen LogP contribution in [-0.2, 0) is 0 Å². The molecule has 0 saturated carbocycles. The second-order valence-corrected chi connectivity index (χ2v) is 34.4. The van der Waals surface area contributed by atoms with Crippen LogP contribution in [0.1, 0.15) is 0 Å². The fourth-order valence-corrected chi connectivity index (χ4v) is 19.8. The van der Waals surface area contributed by atoms with Crippen LogP contribution < -0.4 is 0 Å². The molecule has 0 N–H and O–H groups in total. The van der Waals surface area contributed by atoms with E-state index in [4.69, 9.17) is 29.9 Å². The first-order chi connectivity index (χ1) is 66.9. The van der Waals surface area contributed by atoms with Gasteiger partial charge in [-0.1, -0.05) is 382 Å². The minimum Gasteiger partial charge on any atom is -0.309 e. The molecule has 6 aromatic heterocycles. The normalized spacial score (nSPS) is 11.6. The van der Waals surface area contributed by atoms with Crippen LogP contribution in [-0.4, -0.2) is 43.6 Å². The molecule has 630 valence electrons. The van der Waals surface area contributed by atoms with Gasteiger partial charge in [0, 0.05) is 98.5 Å². The van der Waals surface area contributed by atoms with Gasteiger partial charge in [-0.2, -0.15) is 0 Å². The molecule has 27 aromatic rings.